The van der Waals surface area contributed by atoms with Crippen LogP contribution in [-0.2, 0) is 13.2 Å². The molecule has 0 aliphatic rings. The van der Waals surface area contributed by atoms with Crippen LogP contribution in [0.15, 0.2) is 18.5 Å². The second kappa shape index (κ2) is 5.99. The van der Waals surface area contributed by atoms with E-state index in [1.165, 1.54) is 18.6 Å². The minimum Gasteiger partial charge on any atom is -0.479 e. The van der Waals surface area contributed by atoms with E-state index in [9.17, 15) is 5.11 Å². The molecule has 7 heteroatoms. The number of pyridine rings is 1. The van der Waals surface area contributed by atoms with Crippen molar-refractivity contribution in [2.24, 2.45) is 0 Å². The van der Waals surface area contributed by atoms with Crippen LogP contribution in [0, 0.1) is 0 Å². The first kappa shape index (κ1) is 13.1. The molecule has 2 aromatic heterocycles. The third-order valence-corrected chi connectivity index (χ3v) is 3.71. The number of methoxy groups -OCH3 is 1. The van der Waals surface area contributed by atoms with E-state index < -0.39 is 0 Å². The van der Waals surface area contributed by atoms with Crippen LogP contribution >= 0.6 is 23.1 Å². The predicted octanol–water partition coefficient (Wildman–Crippen LogP) is 2.30. The van der Waals surface area contributed by atoms with Gasteiger partial charge in [-0.25, -0.2) is 0 Å². The summed E-state index contributed by atoms with van der Waals surface area (Å²) in [6, 6.07) is 1.76. The molecule has 96 valence electrons. The maximum absolute atomic E-state index is 9.19. The van der Waals surface area contributed by atoms with Crippen molar-refractivity contribution < 1.29 is 9.84 Å². The average Bonchev–Trinajstić information content (AvgIpc) is 2.77. The number of aliphatic hydroxyl groups excluding tert-OH is 1. The highest BCUT2D eigenvalue weighted by atomic mass is 35.5. The van der Waals surface area contributed by atoms with Crippen molar-refractivity contribution in [2.45, 2.75) is 13.2 Å². The van der Waals surface area contributed by atoms with Gasteiger partial charge in [-0.15, -0.1) is 0 Å². The SMILES string of the molecule is COc1nsc(CNc2cnccc2CO)c1Cl. The van der Waals surface area contributed by atoms with Gasteiger partial charge in [0.2, 0.25) is 5.88 Å². The maximum Gasteiger partial charge on any atom is 0.244 e. The van der Waals surface area contributed by atoms with Gasteiger partial charge < -0.3 is 15.2 Å². The lowest BCUT2D eigenvalue weighted by atomic mass is 10.2. The van der Waals surface area contributed by atoms with Crippen LogP contribution < -0.4 is 10.1 Å². The maximum atomic E-state index is 9.19. The Morgan fingerprint density at radius 2 is 2.39 bits per heavy atom. The standard InChI is InChI=1S/C11H12ClN3O2S/c1-17-11-10(12)9(18-15-11)5-14-8-4-13-3-2-7(8)6-16/h2-4,14,16H,5-6H2,1H3. The molecule has 2 aromatic rings. The Labute approximate surface area is 114 Å². The fourth-order valence-electron chi connectivity index (χ4n) is 1.43. The van der Waals surface area contributed by atoms with Gasteiger partial charge in [-0.05, 0) is 17.6 Å². The molecule has 0 aliphatic heterocycles. The minimum absolute atomic E-state index is 0.0371. The number of aliphatic hydroxyl groups is 1. The molecule has 0 atom stereocenters. The summed E-state index contributed by atoms with van der Waals surface area (Å²) >= 11 is 7.36. The van der Waals surface area contributed by atoms with Gasteiger partial charge in [0.15, 0.2) is 0 Å². The highest BCUT2D eigenvalue weighted by molar-refractivity contribution is 7.06. The van der Waals surface area contributed by atoms with Gasteiger partial charge in [0, 0.05) is 11.8 Å². The van der Waals surface area contributed by atoms with Crippen molar-refractivity contribution in [3.63, 3.8) is 0 Å². The van der Waals surface area contributed by atoms with Crippen LogP contribution in [0.5, 0.6) is 5.88 Å². The quantitative estimate of drug-likeness (QED) is 0.882. The summed E-state index contributed by atoms with van der Waals surface area (Å²) in [5.41, 5.74) is 1.57. The van der Waals surface area contributed by atoms with Gasteiger partial charge >= 0.3 is 0 Å². The highest BCUT2D eigenvalue weighted by Crippen LogP contribution is 2.31. The van der Waals surface area contributed by atoms with E-state index >= 15 is 0 Å². The molecule has 0 spiro atoms. The predicted molar refractivity (Wildman–Crippen MR) is 71.2 cm³/mol. The van der Waals surface area contributed by atoms with Crippen molar-refractivity contribution in [2.75, 3.05) is 12.4 Å². The van der Waals surface area contributed by atoms with Gasteiger partial charge in [0.05, 0.1) is 37.0 Å². The first-order valence-corrected chi connectivity index (χ1v) is 6.37. The molecule has 0 radical (unpaired) electrons. The average molecular weight is 286 g/mol. The van der Waals surface area contributed by atoms with E-state index in [1.54, 1.807) is 18.5 Å². The van der Waals surface area contributed by atoms with Crippen molar-refractivity contribution in [1.29, 1.82) is 0 Å². The van der Waals surface area contributed by atoms with Gasteiger partial charge in [-0.1, -0.05) is 11.6 Å². The van der Waals surface area contributed by atoms with Crippen molar-refractivity contribution >= 4 is 28.8 Å². The van der Waals surface area contributed by atoms with E-state index in [4.69, 9.17) is 16.3 Å². The second-order valence-corrected chi connectivity index (χ2v) is 4.71. The van der Waals surface area contributed by atoms with E-state index in [0.29, 0.717) is 17.4 Å². The zero-order valence-electron chi connectivity index (χ0n) is 9.68. The number of hydrogen-bond acceptors (Lipinski definition) is 6. The molecule has 0 aromatic carbocycles. The van der Waals surface area contributed by atoms with E-state index in [1.807, 2.05) is 0 Å². The van der Waals surface area contributed by atoms with Crippen molar-refractivity contribution in [1.82, 2.24) is 9.36 Å². The fraction of sp³-hybridized carbons (Fsp3) is 0.273. The van der Waals surface area contributed by atoms with Gasteiger partial charge in [-0.2, -0.15) is 4.37 Å². The van der Waals surface area contributed by atoms with Crippen LogP contribution in [0.3, 0.4) is 0 Å². The van der Waals surface area contributed by atoms with E-state index in [-0.39, 0.29) is 6.61 Å². The summed E-state index contributed by atoms with van der Waals surface area (Å²) in [6.07, 6.45) is 3.30. The number of nitrogens with one attached hydrogen (secondary N) is 1. The van der Waals surface area contributed by atoms with Gasteiger partial charge in [0.1, 0.15) is 5.02 Å². The Hall–Kier alpha value is -1.37. The molecular weight excluding hydrogens is 274 g/mol. The summed E-state index contributed by atoms with van der Waals surface area (Å²) in [7, 11) is 1.53. The molecular formula is C11H12ClN3O2S. The first-order valence-electron chi connectivity index (χ1n) is 5.22. The number of halogens is 1. The van der Waals surface area contributed by atoms with Gasteiger partial charge in [0.25, 0.3) is 0 Å². The molecule has 0 saturated heterocycles. The molecule has 18 heavy (non-hydrogen) atoms. The minimum atomic E-state index is -0.0371. The first-order chi connectivity index (χ1) is 8.76. The molecule has 2 rings (SSSR count). The number of ether oxygens (including phenoxy) is 1. The topological polar surface area (TPSA) is 67.3 Å². The second-order valence-electron chi connectivity index (χ2n) is 3.47. The van der Waals surface area contributed by atoms with Crippen LogP contribution in [0.4, 0.5) is 5.69 Å². The Morgan fingerprint density at radius 3 is 3.06 bits per heavy atom. The smallest absolute Gasteiger partial charge is 0.244 e. The third-order valence-electron chi connectivity index (χ3n) is 2.39. The van der Waals surface area contributed by atoms with Crippen LogP contribution in [0.2, 0.25) is 5.02 Å². The van der Waals surface area contributed by atoms with Crippen molar-refractivity contribution in [3.05, 3.63) is 33.9 Å². The van der Waals surface area contributed by atoms with E-state index in [2.05, 4.69) is 14.7 Å². The number of anilines is 1. The molecule has 0 saturated carbocycles. The van der Waals surface area contributed by atoms with Gasteiger partial charge in [-0.3, -0.25) is 4.98 Å². The molecule has 2 N–H and O–H groups in total. The molecule has 2 heterocycles. The van der Waals surface area contributed by atoms with Crippen LogP contribution in [0.25, 0.3) is 0 Å². The summed E-state index contributed by atoms with van der Waals surface area (Å²) in [4.78, 5) is 4.88. The normalized spacial score (nSPS) is 10.4. The Balaban J connectivity index is 2.09. The summed E-state index contributed by atoms with van der Waals surface area (Å²) in [6.45, 7) is 0.475. The Morgan fingerprint density at radius 1 is 1.56 bits per heavy atom. The largest absolute Gasteiger partial charge is 0.479 e. The zero-order valence-corrected chi connectivity index (χ0v) is 11.3. The Bertz CT molecular complexity index is 533. The van der Waals surface area contributed by atoms with Crippen LogP contribution in [-0.4, -0.2) is 21.6 Å². The molecule has 0 aliphatic carbocycles. The summed E-state index contributed by atoms with van der Waals surface area (Å²) < 4.78 is 9.08. The number of nitrogens with zero attached hydrogens (tertiary/aromatic N) is 2. The molecule has 5 nitrogen and oxygen atoms in total. The number of hydrogen-bond donors (Lipinski definition) is 2. The van der Waals surface area contributed by atoms with Crippen molar-refractivity contribution in [3.8, 4) is 5.88 Å². The van der Waals surface area contributed by atoms with Crippen LogP contribution in [0.1, 0.15) is 10.4 Å². The molecule has 0 unspecified atom stereocenters. The molecule has 0 amide bonds. The zero-order chi connectivity index (χ0) is 13.0. The fourth-order valence-corrected chi connectivity index (χ4v) is 2.43. The molecule has 0 fully saturated rings. The third kappa shape index (κ3) is 2.72. The molecule has 0 bridgehead atoms. The van der Waals surface area contributed by atoms with E-state index in [0.717, 1.165) is 16.1 Å². The highest BCUT2D eigenvalue weighted by Gasteiger charge is 2.12. The summed E-state index contributed by atoms with van der Waals surface area (Å²) in [5.74, 6) is 0.437. The lowest BCUT2D eigenvalue weighted by Gasteiger charge is -2.08. The number of rotatable bonds is 5. The summed E-state index contributed by atoms with van der Waals surface area (Å²) in [5, 5.41) is 12.9. The lowest BCUT2D eigenvalue weighted by Crippen LogP contribution is -2.02. The Kier molecular flexibility index (Phi) is 4.35. The number of aromatic nitrogens is 2. The lowest BCUT2D eigenvalue weighted by molar-refractivity contribution is 0.282. The monoisotopic (exact) mass is 285 g/mol.